The van der Waals surface area contributed by atoms with Crippen molar-refractivity contribution in [1.29, 1.82) is 0 Å². The van der Waals surface area contributed by atoms with Crippen LogP contribution in [0.3, 0.4) is 0 Å². The molecule has 0 saturated carbocycles. The number of anilines is 2. The van der Waals surface area contributed by atoms with Crippen molar-refractivity contribution in [3.8, 4) is 11.3 Å². The summed E-state index contributed by atoms with van der Waals surface area (Å²) in [5.74, 6) is -1.93. The van der Waals surface area contributed by atoms with Gasteiger partial charge >= 0.3 is 0 Å². The third kappa shape index (κ3) is 9.08. The van der Waals surface area contributed by atoms with Crippen LogP contribution in [0.4, 0.5) is 15.2 Å². The largest absolute Gasteiger partial charge is 0.321 e. The van der Waals surface area contributed by atoms with Gasteiger partial charge in [0.15, 0.2) is 5.13 Å². The molecule has 47 heavy (non-hydrogen) atoms. The molecule has 1 unspecified atom stereocenters. The average Bonchev–Trinajstić information content (AvgIpc) is 3.54. The van der Waals surface area contributed by atoms with Crippen LogP contribution in [0.5, 0.6) is 0 Å². The Hall–Kier alpha value is -4.48. The van der Waals surface area contributed by atoms with Crippen LogP contribution in [-0.2, 0) is 9.59 Å². The Morgan fingerprint density at radius 3 is 2.43 bits per heavy atom. The van der Waals surface area contributed by atoms with E-state index in [0.29, 0.717) is 38.5 Å². The molecule has 1 heterocycles. The van der Waals surface area contributed by atoms with E-state index < -0.39 is 22.9 Å². The number of nitrogens with zero attached hydrogens (tertiary/aromatic N) is 1. The third-order valence-corrected chi connectivity index (χ3v) is 9.57. The lowest BCUT2D eigenvalue weighted by atomic mass is 10.1. The van der Waals surface area contributed by atoms with Crippen LogP contribution in [0.2, 0.25) is 10.0 Å². The summed E-state index contributed by atoms with van der Waals surface area (Å²) in [7, 11) is 0. The molecule has 0 aliphatic rings. The molecule has 0 aliphatic carbocycles. The summed E-state index contributed by atoms with van der Waals surface area (Å²) < 4.78 is 14.5. The van der Waals surface area contributed by atoms with Crippen molar-refractivity contribution in [2.24, 2.45) is 0 Å². The van der Waals surface area contributed by atoms with Crippen LogP contribution >= 0.6 is 46.3 Å². The van der Waals surface area contributed by atoms with Crippen LogP contribution in [0.15, 0.2) is 113 Å². The Morgan fingerprint density at radius 1 is 0.915 bits per heavy atom. The standard InChI is InChI=1S/C35H27Cl2FN4O3S2/c1-2-31(34(45)42-35-41-30(20-46-35)23-15-16-26(36)27(37)17-23)47-25-13-8-12-24(19-25)39-33(44)29(18-22-11-6-7-14-28(22)38)40-32(43)21-9-4-3-5-10-21/h3-20,31H,2H2,1H3,(H,39,44)(H,40,43)(H,41,42,45)/b29-18-. The van der Waals surface area contributed by atoms with Crippen LogP contribution in [0, 0.1) is 5.82 Å². The van der Waals surface area contributed by atoms with Gasteiger partial charge in [0.05, 0.1) is 21.0 Å². The molecule has 0 radical (unpaired) electrons. The highest BCUT2D eigenvalue weighted by Gasteiger charge is 2.21. The first-order valence-corrected chi connectivity index (χ1v) is 16.8. The quantitative estimate of drug-likeness (QED) is 0.0941. The number of aromatic nitrogens is 1. The number of carbonyl (C=O) groups is 3. The van der Waals surface area contributed by atoms with E-state index in [1.54, 1.807) is 72.8 Å². The van der Waals surface area contributed by atoms with Gasteiger partial charge in [-0.3, -0.25) is 14.4 Å². The molecule has 12 heteroatoms. The Labute approximate surface area is 289 Å². The van der Waals surface area contributed by atoms with Gasteiger partial charge in [-0.2, -0.15) is 0 Å². The van der Waals surface area contributed by atoms with Crippen molar-refractivity contribution in [3.05, 3.63) is 135 Å². The van der Waals surface area contributed by atoms with E-state index in [4.69, 9.17) is 23.2 Å². The highest BCUT2D eigenvalue weighted by molar-refractivity contribution is 8.00. The summed E-state index contributed by atoms with van der Waals surface area (Å²) >= 11 is 14.8. The van der Waals surface area contributed by atoms with E-state index in [1.165, 1.54) is 47.4 Å². The molecule has 3 amide bonds. The minimum atomic E-state index is -0.647. The van der Waals surface area contributed by atoms with Gasteiger partial charge in [0.1, 0.15) is 11.5 Å². The average molecular weight is 706 g/mol. The lowest BCUT2D eigenvalue weighted by molar-refractivity contribution is -0.116. The summed E-state index contributed by atoms with van der Waals surface area (Å²) in [5, 5.41) is 11.0. The fraction of sp³-hybridized carbons (Fsp3) is 0.0857. The molecule has 0 fully saturated rings. The normalized spacial score (nSPS) is 11.9. The molecule has 0 bridgehead atoms. The van der Waals surface area contributed by atoms with Gasteiger partial charge in [-0.1, -0.05) is 78.7 Å². The highest BCUT2D eigenvalue weighted by atomic mass is 35.5. The van der Waals surface area contributed by atoms with Crippen molar-refractivity contribution in [2.45, 2.75) is 23.5 Å². The maximum atomic E-state index is 14.5. The lowest BCUT2D eigenvalue weighted by Crippen LogP contribution is -2.30. The Balaban J connectivity index is 1.28. The number of hydrogen-bond acceptors (Lipinski definition) is 6. The minimum absolute atomic E-state index is 0.136. The molecular weight excluding hydrogens is 678 g/mol. The topological polar surface area (TPSA) is 100 Å². The van der Waals surface area contributed by atoms with Crippen molar-refractivity contribution in [3.63, 3.8) is 0 Å². The number of nitrogens with one attached hydrogen (secondary N) is 3. The Morgan fingerprint density at radius 2 is 1.68 bits per heavy atom. The minimum Gasteiger partial charge on any atom is -0.321 e. The maximum absolute atomic E-state index is 14.5. The van der Waals surface area contributed by atoms with E-state index in [-0.39, 0.29) is 17.2 Å². The molecule has 0 aliphatic heterocycles. The van der Waals surface area contributed by atoms with Crippen molar-refractivity contribution >= 4 is 80.9 Å². The summed E-state index contributed by atoms with van der Waals surface area (Å²) in [5.41, 5.74) is 2.20. The van der Waals surface area contributed by atoms with Gasteiger partial charge in [0, 0.05) is 32.7 Å². The number of hydrogen-bond donors (Lipinski definition) is 3. The zero-order chi connectivity index (χ0) is 33.3. The fourth-order valence-corrected chi connectivity index (χ4v) is 6.36. The maximum Gasteiger partial charge on any atom is 0.272 e. The molecule has 238 valence electrons. The van der Waals surface area contributed by atoms with E-state index in [2.05, 4.69) is 20.9 Å². The monoisotopic (exact) mass is 704 g/mol. The first kappa shape index (κ1) is 33.9. The lowest BCUT2D eigenvalue weighted by Gasteiger charge is -2.15. The van der Waals surface area contributed by atoms with E-state index in [0.717, 1.165) is 10.5 Å². The van der Waals surface area contributed by atoms with Gasteiger partial charge in [0.2, 0.25) is 5.91 Å². The molecule has 5 aromatic rings. The number of thioether (sulfide) groups is 1. The highest BCUT2D eigenvalue weighted by Crippen LogP contribution is 2.32. The van der Waals surface area contributed by atoms with Crippen LogP contribution in [0.1, 0.15) is 29.3 Å². The molecule has 0 saturated heterocycles. The SMILES string of the molecule is CCC(Sc1cccc(NC(=O)/C(=C/c2ccccc2F)NC(=O)c2ccccc2)c1)C(=O)Nc1nc(-c2ccc(Cl)c(Cl)c2)cs1. The summed E-state index contributed by atoms with van der Waals surface area (Å²) in [6.45, 7) is 1.90. The molecule has 1 aromatic heterocycles. The second kappa shape index (κ2) is 15.9. The van der Waals surface area contributed by atoms with Gasteiger partial charge in [0.25, 0.3) is 11.8 Å². The number of halogens is 3. The molecule has 0 spiro atoms. The van der Waals surface area contributed by atoms with E-state index in [9.17, 15) is 18.8 Å². The Kier molecular flexibility index (Phi) is 11.4. The first-order valence-electron chi connectivity index (χ1n) is 14.3. The van der Waals surface area contributed by atoms with Crippen LogP contribution in [-0.4, -0.2) is 28.0 Å². The van der Waals surface area contributed by atoms with E-state index in [1.807, 2.05) is 18.4 Å². The smallest absolute Gasteiger partial charge is 0.272 e. The molecule has 1 atom stereocenters. The molecule has 7 nitrogen and oxygen atoms in total. The van der Waals surface area contributed by atoms with Crippen LogP contribution in [0.25, 0.3) is 17.3 Å². The number of carbonyl (C=O) groups excluding carboxylic acids is 3. The summed E-state index contributed by atoms with van der Waals surface area (Å²) in [6.07, 6.45) is 1.81. The molecule has 4 aromatic carbocycles. The number of thiazole rings is 1. The first-order chi connectivity index (χ1) is 22.7. The predicted octanol–water partition coefficient (Wildman–Crippen LogP) is 9.17. The number of rotatable bonds is 11. The number of amides is 3. The molecule has 3 N–H and O–H groups in total. The summed E-state index contributed by atoms with van der Waals surface area (Å²) in [6, 6.07) is 26.5. The van der Waals surface area contributed by atoms with Gasteiger partial charge in [-0.15, -0.1) is 23.1 Å². The Bertz CT molecular complexity index is 1950. The predicted molar refractivity (Wildman–Crippen MR) is 189 cm³/mol. The third-order valence-electron chi connectivity index (χ3n) is 6.72. The molecule has 5 rings (SSSR count). The van der Waals surface area contributed by atoms with E-state index >= 15 is 0 Å². The zero-order valence-corrected chi connectivity index (χ0v) is 27.9. The fourth-order valence-electron chi connectivity index (χ4n) is 4.33. The van der Waals surface area contributed by atoms with Crippen molar-refractivity contribution in [1.82, 2.24) is 10.3 Å². The molecular formula is C35H27Cl2FN4O3S2. The second-order valence-corrected chi connectivity index (χ2v) is 13.0. The van der Waals surface area contributed by atoms with Gasteiger partial charge in [-0.25, -0.2) is 9.37 Å². The van der Waals surface area contributed by atoms with Gasteiger partial charge in [-0.05, 0) is 61.0 Å². The van der Waals surface area contributed by atoms with Crippen molar-refractivity contribution < 1.29 is 18.8 Å². The second-order valence-electron chi connectivity index (χ2n) is 10.1. The van der Waals surface area contributed by atoms with Crippen LogP contribution < -0.4 is 16.0 Å². The number of benzene rings is 4. The van der Waals surface area contributed by atoms with Crippen molar-refractivity contribution in [2.75, 3.05) is 10.6 Å². The summed E-state index contributed by atoms with van der Waals surface area (Å²) in [4.78, 5) is 44.8. The van der Waals surface area contributed by atoms with Gasteiger partial charge < -0.3 is 16.0 Å². The zero-order valence-electron chi connectivity index (χ0n) is 24.8.